The number of aromatic nitrogens is 1. The lowest BCUT2D eigenvalue weighted by Crippen LogP contribution is -2.01. The van der Waals surface area contributed by atoms with Crippen LogP contribution in [0.4, 0.5) is 0 Å². The van der Waals surface area contributed by atoms with Gasteiger partial charge in [0.05, 0.1) is 22.3 Å². The van der Waals surface area contributed by atoms with Crippen LogP contribution in [0.3, 0.4) is 0 Å². The number of Topliss-reactive ketones (excluding diaryl/α,β-unsaturated/α-hetero) is 1. The Hall–Kier alpha value is -2.24. The molecule has 136 valence electrons. The Kier molecular flexibility index (Phi) is 5.23. The summed E-state index contributed by atoms with van der Waals surface area (Å²) in [6.45, 7) is 2.64. The molecule has 0 saturated carbocycles. The van der Waals surface area contributed by atoms with Gasteiger partial charge in [0.1, 0.15) is 5.75 Å². The van der Waals surface area contributed by atoms with Crippen LogP contribution in [0.2, 0.25) is 0 Å². The fourth-order valence-corrected chi connectivity index (χ4v) is 4.45. The highest BCUT2D eigenvalue weighted by molar-refractivity contribution is 9.12. The van der Waals surface area contributed by atoms with Crippen LogP contribution < -0.4 is 4.74 Å². The van der Waals surface area contributed by atoms with Crippen molar-refractivity contribution in [2.75, 3.05) is 6.61 Å². The maximum atomic E-state index is 12.7. The number of benzene rings is 2. The van der Waals surface area contributed by atoms with Crippen molar-refractivity contribution in [1.29, 1.82) is 0 Å². The number of hydrogen-bond donors (Lipinski definition) is 0. The summed E-state index contributed by atoms with van der Waals surface area (Å²) in [6, 6.07) is 16.1. The first kappa shape index (κ1) is 18.1. The molecule has 3 nitrogen and oxygen atoms in total. The third kappa shape index (κ3) is 3.62. The molecule has 0 N–H and O–H groups in total. The molecule has 1 aromatic heterocycles. The third-order valence-electron chi connectivity index (χ3n) is 4.63. The molecule has 5 heteroatoms. The predicted molar refractivity (Wildman–Crippen MR) is 113 cm³/mol. The quantitative estimate of drug-likeness (QED) is 0.454. The van der Waals surface area contributed by atoms with Gasteiger partial charge >= 0.3 is 0 Å². The van der Waals surface area contributed by atoms with Gasteiger partial charge in [-0.15, -0.1) is 11.3 Å². The Bertz CT molecular complexity index is 1020. The molecule has 0 aliphatic heterocycles. The van der Waals surface area contributed by atoms with Gasteiger partial charge in [-0.05, 0) is 65.0 Å². The van der Waals surface area contributed by atoms with Crippen LogP contribution in [-0.2, 0) is 6.42 Å². The van der Waals surface area contributed by atoms with Crippen LogP contribution in [0.25, 0.3) is 5.57 Å². The number of aryl methyl sites for hydroxylation is 2. The summed E-state index contributed by atoms with van der Waals surface area (Å²) in [5.74, 6) is 0.717. The van der Waals surface area contributed by atoms with Crippen molar-refractivity contribution in [3.8, 4) is 5.75 Å². The normalized spacial score (nSPS) is 13.2. The summed E-state index contributed by atoms with van der Waals surface area (Å²) >= 11 is 5.06. The lowest BCUT2D eigenvalue weighted by Gasteiger charge is -2.09. The summed E-state index contributed by atoms with van der Waals surface area (Å²) in [5.41, 5.74) is 6.45. The van der Waals surface area contributed by atoms with Crippen LogP contribution >= 0.6 is 27.3 Å². The van der Waals surface area contributed by atoms with E-state index in [1.165, 1.54) is 5.56 Å². The number of allylic oxidation sites excluding steroid dienone is 1. The monoisotopic (exact) mass is 439 g/mol. The van der Waals surface area contributed by atoms with Gasteiger partial charge in [0.15, 0.2) is 0 Å². The van der Waals surface area contributed by atoms with Gasteiger partial charge in [-0.3, -0.25) is 4.79 Å². The molecule has 0 radical (unpaired) electrons. The molecule has 0 amide bonds. The molecule has 1 aliphatic carbocycles. The fraction of sp³-hybridized carbons (Fsp3) is 0.182. The first-order chi connectivity index (χ1) is 13.1. The van der Waals surface area contributed by atoms with Gasteiger partial charge in [-0.1, -0.05) is 30.3 Å². The second-order valence-corrected chi connectivity index (χ2v) is 8.27. The lowest BCUT2D eigenvalue weighted by molar-refractivity contribution is 0.104. The number of ketones is 1. The molecular formula is C22H18BrNO2S. The number of rotatable bonds is 6. The van der Waals surface area contributed by atoms with E-state index in [1.807, 2.05) is 36.7 Å². The Balaban J connectivity index is 1.47. The van der Waals surface area contributed by atoms with Crippen LogP contribution in [-0.4, -0.2) is 17.4 Å². The van der Waals surface area contributed by atoms with Gasteiger partial charge in [0.25, 0.3) is 0 Å². The molecule has 0 atom stereocenters. The molecule has 0 unspecified atom stereocenters. The zero-order valence-electron chi connectivity index (χ0n) is 14.9. The number of carbonyl (C=O) groups is 1. The number of fused-ring (bicyclic) bond motifs is 1. The Morgan fingerprint density at radius 2 is 1.93 bits per heavy atom. The Morgan fingerprint density at radius 3 is 2.67 bits per heavy atom. The van der Waals surface area contributed by atoms with E-state index in [0.29, 0.717) is 16.7 Å². The van der Waals surface area contributed by atoms with Crippen LogP contribution in [0, 0.1) is 6.92 Å². The van der Waals surface area contributed by atoms with Crippen LogP contribution in [0.15, 0.2) is 58.5 Å². The van der Waals surface area contributed by atoms with Crippen LogP contribution in [0.5, 0.6) is 5.75 Å². The molecule has 0 bridgehead atoms. The van der Waals surface area contributed by atoms with Gasteiger partial charge < -0.3 is 4.74 Å². The van der Waals surface area contributed by atoms with Gasteiger partial charge in [0.2, 0.25) is 5.78 Å². The smallest absolute Gasteiger partial charge is 0.201 e. The summed E-state index contributed by atoms with van der Waals surface area (Å²) in [5, 5.41) is 0. The highest BCUT2D eigenvalue weighted by Crippen LogP contribution is 2.42. The van der Waals surface area contributed by atoms with Gasteiger partial charge in [-0.25, -0.2) is 4.98 Å². The highest BCUT2D eigenvalue weighted by Gasteiger charge is 2.31. The van der Waals surface area contributed by atoms with Crippen molar-refractivity contribution >= 4 is 38.6 Å². The van der Waals surface area contributed by atoms with Crippen molar-refractivity contribution in [3.05, 3.63) is 85.8 Å². The van der Waals surface area contributed by atoms with Crippen molar-refractivity contribution < 1.29 is 9.53 Å². The van der Waals surface area contributed by atoms with Crippen LogP contribution in [0.1, 0.15) is 38.5 Å². The van der Waals surface area contributed by atoms with E-state index in [1.54, 1.807) is 11.3 Å². The molecule has 3 aromatic rings. The largest absolute Gasteiger partial charge is 0.494 e. The zero-order chi connectivity index (χ0) is 18.8. The Morgan fingerprint density at radius 1 is 1.11 bits per heavy atom. The first-order valence-electron chi connectivity index (χ1n) is 8.81. The Labute approximate surface area is 170 Å². The highest BCUT2D eigenvalue weighted by atomic mass is 79.9. The van der Waals surface area contributed by atoms with E-state index in [2.05, 4.69) is 45.2 Å². The van der Waals surface area contributed by atoms with Gasteiger partial charge in [0, 0.05) is 16.0 Å². The third-order valence-corrected chi connectivity index (χ3v) is 6.14. The summed E-state index contributed by atoms with van der Waals surface area (Å²) < 4.78 is 6.46. The topological polar surface area (TPSA) is 39.2 Å². The predicted octanol–water partition coefficient (Wildman–Crippen LogP) is 5.81. The van der Waals surface area contributed by atoms with Gasteiger partial charge in [-0.2, -0.15) is 0 Å². The minimum absolute atomic E-state index is 0.0119. The maximum absolute atomic E-state index is 12.7. The molecule has 0 spiro atoms. The number of halogens is 1. The molecule has 2 aromatic carbocycles. The van der Waals surface area contributed by atoms with Crippen molar-refractivity contribution in [1.82, 2.24) is 4.98 Å². The van der Waals surface area contributed by atoms with Crippen molar-refractivity contribution in [3.63, 3.8) is 0 Å². The summed E-state index contributed by atoms with van der Waals surface area (Å²) in [4.78, 5) is 18.2. The lowest BCUT2D eigenvalue weighted by atomic mass is 10.0. The molecular weight excluding hydrogens is 422 g/mol. The molecule has 27 heavy (non-hydrogen) atoms. The molecule has 0 saturated heterocycles. The molecule has 0 fully saturated rings. The average Bonchev–Trinajstić information content (AvgIpc) is 3.21. The van der Waals surface area contributed by atoms with Crippen molar-refractivity contribution in [2.24, 2.45) is 0 Å². The maximum Gasteiger partial charge on any atom is 0.201 e. The first-order valence-corrected chi connectivity index (χ1v) is 10.5. The SMILES string of the molecule is Cc1scnc1C1=C(Br)C(=O)c2cc(OCCCc3ccccc3)ccc21. The van der Waals surface area contributed by atoms with E-state index in [-0.39, 0.29) is 5.78 Å². The average molecular weight is 440 g/mol. The van der Waals surface area contributed by atoms with E-state index in [0.717, 1.165) is 40.3 Å². The zero-order valence-corrected chi connectivity index (χ0v) is 17.3. The van der Waals surface area contributed by atoms with Crippen molar-refractivity contribution in [2.45, 2.75) is 19.8 Å². The van der Waals surface area contributed by atoms with E-state index in [4.69, 9.17) is 4.74 Å². The number of carbonyl (C=O) groups excluding carboxylic acids is 1. The summed E-state index contributed by atoms with van der Waals surface area (Å²) in [6.07, 6.45) is 1.91. The van der Waals surface area contributed by atoms with E-state index >= 15 is 0 Å². The molecule has 4 rings (SSSR count). The number of ether oxygens (including phenoxy) is 1. The summed E-state index contributed by atoms with van der Waals surface area (Å²) in [7, 11) is 0. The van der Waals surface area contributed by atoms with E-state index < -0.39 is 0 Å². The second-order valence-electron chi connectivity index (χ2n) is 6.42. The standard InChI is InChI=1S/C22H18BrNO2S/c1-14-21(24-13-27-14)19-17-10-9-16(12-18(17)22(25)20(19)23)26-11-5-8-15-6-3-2-4-7-15/h2-4,6-7,9-10,12-13H,5,8,11H2,1H3. The fourth-order valence-electron chi connectivity index (χ4n) is 3.26. The number of hydrogen-bond acceptors (Lipinski definition) is 4. The minimum atomic E-state index is -0.0119. The minimum Gasteiger partial charge on any atom is -0.494 e. The second kappa shape index (κ2) is 7.79. The number of thiazole rings is 1. The van der Waals surface area contributed by atoms with E-state index in [9.17, 15) is 4.79 Å². The molecule has 1 aliphatic rings. The number of nitrogens with zero attached hydrogens (tertiary/aromatic N) is 1. The molecule has 1 heterocycles.